The predicted octanol–water partition coefficient (Wildman–Crippen LogP) is 1.96. The molecule has 7 nitrogen and oxygen atoms in total. The Balaban J connectivity index is 2.26. The van der Waals surface area contributed by atoms with E-state index in [4.69, 9.17) is 4.74 Å². The van der Waals surface area contributed by atoms with E-state index in [2.05, 4.69) is 5.32 Å². The van der Waals surface area contributed by atoms with Gasteiger partial charge in [0.2, 0.25) is 5.91 Å². The van der Waals surface area contributed by atoms with Gasteiger partial charge in [-0.2, -0.15) is 0 Å². The Hall–Kier alpha value is -2.58. The van der Waals surface area contributed by atoms with Crippen molar-refractivity contribution in [2.24, 2.45) is 0 Å². The Bertz CT molecular complexity index is 853. The van der Waals surface area contributed by atoms with Gasteiger partial charge in [0, 0.05) is 13.1 Å². The lowest BCUT2D eigenvalue weighted by Crippen LogP contribution is -2.42. The summed E-state index contributed by atoms with van der Waals surface area (Å²) in [6.45, 7) is 3.17. The topological polar surface area (TPSA) is 79.0 Å². The lowest BCUT2D eigenvalue weighted by Gasteiger charge is -2.24. The molecule has 0 spiro atoms. The number of rotatable bonds is 10. The lowest BCUT2D eigenvalue weighted by atomic mass is 10.3. The average Bonchev–Trinajstić information content (AvgIpc) is 2.67. The van der Waals surface area contributed by atoms with Gasteiger partial charge in [0.05, 0.1) is 17.2 Å². The van der Waals surface area contributed by atoms with Crippen LogP contribution in [0.2, 0.25) is 0 Å². The highest BCUT2D eigenvalue weighted by Gasteiger charge is 2.27. The molecule has 28 heavy (non-hydrogen) atoms. The van der Waals surface area contributed by atoms with Crippen LogP contribution in [0.1, 0.15) is 6.92 Å². The zero-order valence-corrected chi connectivity index (χ0v) is 17.3. The maximum atomic E-state index is 13.2. The average molecular weight is 406 g/mol. The van der Waals surface area contributed by atoms with Gasteiger partial charge in [-0.15, -0.1) is 0 Å². The van der Waals surface area contributed by atoms with Crippen LogP contribution in [-0.4, -0.2) is 59.6 Å². The van der Waals surface area contributed by atoms with Crippen LogP contribution in [0.4, 0.5) is 5.69 Å². The number of ether oxygens (including phenoxy) is 1. The Labute approximate surface area is 167 Å². The molecule has 0 aliphatic carbocycles. The van der Waals surface area contributed by atoms with Crippen molar-refractivity contribution in [3.05, 3.63) is 54.6 Å². The third-order valence-electron chi connectivity index (χ3n) is 3.94. The van der Waals surface area contributed by atoms with Crippen LogP contribution in [0.15, 0.2) is 59.5 Å². The second kappa shape index (κ2) is 10.1. The molecule has 2 rings (SSSR count). The maximum absolute atomic E-state index is 13.2. The summed E-state index contributed by atoms with van der Waals surface area (Å²) in [7, 11) is -0.113. The summed E-state index contributed by atoms with van der Waals surface area (Å²) in [5.74, 6) is 0.231. The van der Waals surface area contributed by atoms with Crippen molar-refractivity contribution in [3.63, 3.8) is 0 Å². The zero-order chi connectivity index (χ0) is 20.6. The highest BCUT2D eigenvalue weighted by atomic mass is 32.2. The minimum absolute atomic E-state index is 0.0981. The fourth-order valence-corrected chi connectivity index (χ4v) is 3.94. The number of carbonyl (C=O) groups excluding carboxylic acids is 1. The Morgan fingerprint density at radius 2 is 1.68 bits per heavy atom. The van der Waals surface area contributed by atoms with Gasteiger partial charge in [-0.1, -0.05) is 18.2 Å². The maximum Gasteiger partial charge on any atom is 0.264 e. The molecule has 0 fully saturated rings. The minimum Gasteiger partial charge on any atom is -0.494 e. The molecular formula is C20H27N3O4S. The van der Waals surface area contributed by atoms with Gasteiger partial charge in [0.15, 0.2) is 0 Å². The molecule has 0 aromatic heterocycles. The molecule has 0 atom stereocenters. The number of anilines is 1. The summed E-state index contributed by atoms with van der Waals surface area (Å²) in [6, 6.07) is 14.8. The van der Waals surface area contributed by atoms with E-state index in [-0.39, 0.29) is 17.3 Å². The van der Waals surface area contributed by atoms with Crippen molar-refractivity contribution in [2.75, 3.05) is 44.6 Å². The van der Waals surface area contributed by atoms with Crippen LogP contribution < -0.4 is 14.4 Å². The number of benzene rings is 2. The standard InChI is InChI=1S/C20H27N3O4S/c1-4-27-18-10-12-19(13-11-18)28(25,26)23(17-8-6-5-7-9-17)16-20(24)21-14-15-22(2)3/h5-13H,4,14-16H2,1-3H3,(H,21,24). The van der Waals surface area contributed by atoms with Crippen LogP contribution in [0, 0.1) is 0 Å². The van der Waals surface area contributed by atoms with Crippen molar-refractivity contribution in [1.29, 1.82) is 0 Å². The number of hydrogen-bond acceptors (Lipinski definition) is 5. The second-order valence-corrected chi connectivity index (χ2v) is 8.27. The van der Waals surface area contributed by atoms with E-state index >= 15 is 0 Å². The van der Waals surface area contributed by atoms with Crippen LogP contribution in [-0.2, 0) is 14.8 Å². The van der Waals surface area contributed by atoms with E-state index in [1.165, 1.54) is 12.1 Å². The number of nitrogens with one attached hydrogen (secondary N) is 1. The van der Waals surface area contributed by atoms with E-state index in [1.807, 2.05) is 25.9 Å². The number of hydrogen-bond donors (Lipinski definition) is 1. The van der Waals surface area contributed by atoms with E-state index < -0.39 is 10.0 Å². The monoisotopic (exact) mass is 405 g/mol. The first-order chi connectivity index (χ1) is 13.3. The first-order valence-corrected chi connectivity index (χ1v) is 10.5. The number of amides is 1. The van der Waals surface area contributed by atoms with Crippen LogP contribution in [0.25, 0.3) is 0 Å². The van der Waals surface area contributed by atoms with E-state index in [1.54, 1.807) is 42.5 Å². The van der Waals surface area contributed by atoms with E-state index in [0.29, 0.717) is 31.1 Å². The molecule has 0 aliphatic heterocycles. The molecular weight excluding hydrogens is 378 g/mol. The normalized spacial score (nSPS) is 11.3. The van der Waals surface area contributed by atoms with Crippen molar-refractivity contribution in [3.8, 4) is 5.75 Å². The van der Waals surface area contributed by atoms with E-state index in [0.717, 1.165) is 4.31 Å². The summed E-state index contributed by atoms with van der Waals surface area (Å²) >= 11 is 0. The van der Waals surface area contributed by atoms with E-state index in [9.17, 15) is 13.2 Å². The van der Waals surface area contributed by atoms with Crippen LogP contribution in [0.5, 0.6) is 5.75 Å². The van der Waals surface area contributed by atoms with Gasteiger partial charge in [-0.25, -0.2) is 8.42 Å². The fraction of sp³-hybridized carbons (Fsp3) is 0.350. The van der Waals surface area contributed by atoms with Crippen molar-refractivity contribution in [2.45, 2.75) is 11.8 Å². The highest BCUT2D eigenvalue weighted by Crippen LogP contribution is 2.24. The predicted molar refractivity (Wildman–Crippen MR) is 110 cm³/mol. The lowest BCUT2D eigenvalue weighted by molar-refractivity contribution is -0.119. The Morgan fingerprint density at radius 3 is 2.25 bits per heavy atom. The third-order valence-corrected chi connectivity index (χ3v) is 5.72. The Morgan fingerprint density at radius 1 is 1.04 bits per heavy atom. The van der Waals surface area contributed by atoms with Crippen molar-refractivity contribution < 1.29 is 17.9 Å². The van der Waals surface area contributed by atoms with Gasteiger partial charge >= 0.3 is 0 Å². The molecule has 0 unspecified atom stereocenters. The molecule has 1 N–H and O–H groups in total. The summed E-state index contributed by atoms with van der Waals surface area (Å²) in [5.41, 5.74) is 0.430. The first kappa shape index (κ1) is 21.7. The minimum atomic E-state index is -3.92. The summed E-state index contributed by atoms with van der Waals surface area (Å²) < 4.78 is 32.9. The molecule has 0 radical (unpaired) electrons. The Kier molecular flexibility index (Phi) is 7.83. The third kappa shape index (κ3) is 5.97. The summed E-state index contributed by atoms with van der Waals surface area (Å²) in [5, 5.41) is 2.76. The zero-order valence-electron chi connectivity index (χ0n) is 16.5. The van der Waals surface area contributed by atoms with Gasteiger partial charge < -0.3 is 15.0 Å². The SMILES string of the molecule is CCOc1ccc(S(=O)(=O)N(CC(=O)NCCN(C)C)c2ccccc2)cc1. The largest absolute Gasteiger partial charge is 0.494 e. The molecule has 2 aromatic carbocycles. The van der Waals surface area contributed by atoms with Crippen LogP contribution in [0.3, 0.4) is 0 Å². The number of likely N-dealkylation sites (N-methyl/N-ethyl adjacent to an activating group) is 1. The molecule has 0 aliphatic rings. The fourth-order valence-electron chi connectivity index (χ4n) is 2.52. The smallest absolute Gasteiger partial charge is 0.264 e. The van der Waals surface area contributed by atoms with Crippen molar-refractivity contribution in [1.82, 2.24) is 10.2 Å². The first-order valence-electron chi connectivity index (χ1n) is 9.06. The molecule has 8 heteroatoms. The van der Waals surface area contributed by atoms with Gasteiger partial charge in [0.25, 0.3) is 10.0 Å². The molecule has 0 saturated heterocycles. The molecule has 2 aromatic rings. The van der Waals surface area contributed by atoms with Crippen molar-refractivity contribution >= 4 is 21.6 Å². The van der Waals surface area contributed by atoms with Gasteiger partial charge in [0.1, 0.15) is 12.3 Å². The summed E-state index contributed by atoms with van der Waals surface area (Å²) in [6.07, 6.45) is 0. The van der Waals surface area contributed by atoms with Crippen LogP contribution >= 0.6 is 0 Å². The van der Waals surface area contributed by atoms with Gasteiger partial charge in [-0.05, 0) is 57.4 Å². The molecule has 1 amide bonds. The quantitative estimate of drug-likeness (QED) is 0.654. The molecule has 0 heterocycles. The summed E-state index contributed by atoms with van der Waals surface area (Å²) in [4.78, 5) is 14.4. The molecule has 0 saturated carbocycles. The number of para-hydroxylation sites is 1. The number of sulfonamides is 1. The second-order valence-electron chi connectivity index (χ2n) is 6.40. The molecule has 0 bridgehead atoms. The molecule has 152 valence electrons. The number of nitrogens with zero attached hydrogens (tertiary/aromatic N) is 2. The van der Waals surface area contributed by atoms with Gasteiger partial charge in [-0.3, -0.25) is 9.10 Å². The highest BCUT2D eigenvalue weighted by molar-refractivity contribution is 7.92. The number of carbonyl (C=O) groups is 1.